The summed E-state index contributed by atoms with van der Waals surface area (Å²) in [6.07, 6.45) is 0. The van der Waals surface area contributed by atoms with Crippen molar-refractivity contribution in [3.8, 4) is 5.75 Å². The molecule has 0 fully saturated rings. The van der Waals surface area contributed by atoms with Crippen LogP contribution >= 0.6 is 0 Å². The largest absolute Gasteiger partial charge is 0.492 e. The van der Waals surface area contributed by atoms with Gasteiger partial charge in [0, 0.05) is 6.04 Å². The Bertz CT molecular complexity index is 527. The van der Waals surface area contributed by atoms with E-state index in [1.807, 2.05) is 38.1 Å². The number of oxazole rings is 1. The number of nitrogens with one attached hydrogen (secondary N) is 1. The summed E-state index contributed by atoms with van der Waals surface area (Å²) in [6.45, 7) is 9.25. The lowest BCUT2D eigenvalue weighted by Gasteiger charge is -2.14. The van der Waals surface area contributed by atoms with Gasteiger partial charge in [-0.3, -0.25) is 0 Å². The molecule has 1 aromatic heterocycles. The Kier molecular flexibility index (Phi) is 4.79. The van der Waals surface area contributed by atoms with Gasteiger partial charge in [-0.25, -0.2) is 4.98 Å². The van der Waals surface area contributed by atoms with Crippen molar-refractivity contribution >= 4 is 0 Å². The van der Waals surface area contributed by atoms with E-state index in [0.717, 1.165) is 23.1 Å². The molecule has 4 heteroatoms. The number of rotatable bonds is 6. The van der Waals surface area contributed by atoms with Gasteiger partial charge in [0.15, 0.2) is 0 Å². The molecule has 20 heavy (non-hydrogen) atoms. The van der Waals surface area contributed by atoms with E-state index in [2.05, 4.69) is 24.1 Å². The first kappa shape index (κ1) is 14.6. The summed E-state index contributed by atoms with van der Waals surface area (Å²) in [4.78, 5) is 4.34. The van der Waals surface area contributed by atoms with Crippen LogP contribution in [-0.2, 0) is 6.54 Å². The van der Waals surface area contributed by atoms with Crippen molar-refractivity contribution < 1.29 is 9.15 Å². The van der Waals surface area contributed by atoms with Crippen molar-refractivity contribution in [1.29, 1.82) is 0 Å². The average Bonchev–Trinajstić information content (AvgIpc) is 2.75. The molecule has 2 aromatic rings. The van der Waals surface area contributed by atoms with E-state index in [-0.39, 0.29) is 6.04 Å². The summed E-state index contributed by atoms with van der Waals surface area (Å²) in [6, 6.07) is 8.30. The van der Waals surface area contributed by atoms with Gasteiger partial charge in [0.1, 0.15) is 18.1 Å². The Hall–Kier alpha value is -1.81. The van der Waals surface area contributed by atoms with Crippen LogP contribution in [0.1, 0.15) is 29.8 Å². The van der Waals surface area contributed by atoms with Crippen LogP contribution in [0.25, 0.3) is 0 Å². The van der Waals surface area contributed by atoms with Crippen LogP contribution in [0.2, 0.25) is 0 Å². The Balaban J connectivity index is 1.75. The van der Waals surface area contributed by atoms with E-state index in [4.69, 9.17) is 9.15 Å². The highest BCUT2D eigenvalue weighted by molar-refractivity contribution is 5.26. The van der Waals surface area contributed by atoms with Gasteiger partial charge in [-0.2, -0.15) is 0 Å². The molecule has 0 radical (unpaired) electrons. The predicted molar refractivity (Wildman–Crippen MR) is 79.0 cm³/mol. The molecule has 0 amide bonds. The third-order valence-corrected chi connectivity index (χ3v) is 3.20. The molecule has 0 saturated heterocycles. The molecule has 0 aliphatic rings. The van der Waals surface area contributed by atoms with Gasteiger partial charge in [-0.15, -0.1) is 0 Å². The maximum absolute atomic E-state index is 5.73. The Morgan fingerprint density at radius 2 is 1.90 bits per heavy atom. The van der Waals surface area contributed by atoms with Gasteiger partial charge in [0.2, 0.25) is 5.89 Å². The van der Waals surface area contributed by atoms with E-state index in [0.29, 0.717) is 13.2 Å². The topological polar surface area (TPSA) is 47.3 Å². The number of aryl methyl sites for hydroxylation is 3. The standard InChI is InChI=1S/C16H22N2O2/c1-11-5-7-15(8-6-11)19-10-12(2)17-9-16-18-13(3)14(4)20-16/h5-8,12,17H,9-10H2,1-4H3. The number of hydrogen-bond donors (Lipinski definition) is 1. The SMILES string of the molecule is Cc1ccc(OCC(C)NCc2nc(C)c(C)o2)cc1. The Labute approximate surface area is 120 Å². The van der Waals surface area contributed by atoms with Crippen LogP contribution in [0.15, 0.2) is 28.7 Å². The van der Waals surface area contributed by atoms with Crippen molar-refractivity contribution in [1.82, 2.24) is 10.3 Å². The van der Waals surface area contributed by atoms with Crippen molar-refractivity contribution in [3.63, 3.8) is 0 Å². The van der Waals surface area contributed by atoms with Gasteiger partial charge in [-0.05, 0) is 39.8 Å². The second-order valence-corrected chi connectivity index (χ2v) is 5.16. The number of hydrogen-bond acceptors (Lipinski definition) is 4. The molecule has 0 aliphatic carbocycles. The lowest BCUT2D eigenvalue weighted by molar-refractivity contribution is 0.268. The summed E-state index contributed by atoms with van der Waals surface area (Å²) in [5.74, 6) is 2.50. The summed E-state index contributed by atoms with van der Waals surface area (Å²) in [5, 5.41) is 3.34. The fraction of sp³-hybridized carbons (Fsp3) is 0.438. The smallest absolute Gasteiger partial charge is 0.208 e. The first-order valence-corrected chi connectivity index (χ1v) is 6.90. The summed E-state index contributed by atoms with van der Waals surface area (Å²) in [5.41, 5.74) is 2.18. The number of benzene rings is 1. The maximum atomic E-state index is 5.73. The lowest BCUT2D eigenvalue weighted by atomic mass is 10.2. The number of aromatic nitrogens is 1. The first-order valence-electron chi connectivity index (χ1n) is 6.90. The second-order valence-electron chi connectivity index (χ2n) is 5.16. The minimum absolute atomic E-state index is 0.226. The highest BCUT2D eigenvalue weighted by Gasteiger charge is 2.08. The second kappa shape index (κ2) is 6.57. The monoisotopic (exact) mass is 274 g/mol. The zero-order valence-electron chi connectivity index (χ0n) is 12.6. The van der Waals surface area contributed by atoms with Crippen LogP contribution in [0, 0.1) is 20.8 Å². The van der Waals surface area contributed by atoms with Crippen LogP contribution in [0.4, 0.5) is 0 Å². The molecule has 1 heterocycles. The molecule has 2 rings (SSSR count). The van der Waals surface area contributed by atoms with Crippen molar-refractivity contribution in [3.05, 3.63) is 47.2 Å². The Morgan fingerprint density at radius 1 is 1.20 bits per heavy atom. The summed E-state index contributed by atoms with van der Waals surface area (Å²) >= 11 is 0. The molecule has 1 unspecified atom stereocenters. The molecular formula is C16H22N2O2. The van der Waals surface area contributed by atoms with Gasteiger partial charge in [0.25, 0.3) is 0 Å². The van der Waals surface area contributed by atoms with Crippen LogP contribution in [0.5, 0.6) is 5.75 Å². The van der Waals surface area contributed by atoms with Crippen molar-refractivity contribution in [2.45, 2.75) is 40.3 Å². The number of ether oxygens (including phenoxy) is 1. The highest BCUT2D eigenvalue weighted by atomic mass is 16.5. The van der Waals surface area contributed by atoms with Crippen molar-refractivity contribution in [2.24, 2.45) is 0 Å². The van der Waals surface area contributed by atoms with Crippen molar-refractivity contribution in [2.75, 3.05) is 6.61 Å². The average molecular weight is 274 g/mol. The molecule has 1 N–H and O–H groups in total. The predicted octanol–water partition coefficient (Wildman–Crippen LogP) is 3.16. The Morgan fingerprint density at radius 3 is 2.50 bits per heavy atom. The van der Waals surface area contributed by atoms with Gasteiger partial charge in [0.05, 0.1) is 12.2 Å². The molecule has 0 bridgehead atoms. The third-order valence-electron chi connectivity index (χ3n) is 3.20. The van der Waals surface area contributed by atoms with E-state index < -0.39 is 0 Å². The van der Waals surface area contributed by atoms with Crippen LogP contribution in [-0.4, -0.2) is 17.6 Å². The molecule has 1 aromatic carbocycles. The van der Waals surface area contributed by atoms with Gasteiger partial charge < -0.3 is 14.5 Å². The molecule has 108 valence electrons. The maximum Gasteiger partial charge on any atom is 0.208 e. The molecule has 0 aliphatic heterocycles. The zero-order chi connectivity index (χ0) is 14.5. The molecule has 0 saturated carbocycles. The van der Waals surface area contributed by atoms with Crippen LogP contribution in [0.3, 0.4) is 0 Å². The molecule has 0 spiro atoms. The number of nitrogens with zero attached hydrogens (tertiary/aromatic N) is 1. The lowest BCUT2D eigenvalue weighted by Crippen LogP contribution is -2.31. The quantitative estimate of drug-likeness (QED) is 0.879. The zero-order valence-corrected chi connectivity index (χ0v) is 12.6. The fourth-order valence-corrected chi connectivity index (χ4v) is 1.79. The van der Waals surface area contributed by atoms with E-state index in [9.17, 15) is 0 Å². The molecule has 4 nitrogen and oxygen atoms in total. The minimum atomic E-state index is 0.226. The van der Waals surface area contributed by atoms with Crippen LogP contribution < -0.4 is 10.1 Å². The van der Waals surface area contributed by atoms with E-state index in [1.165, 1.54) is 5.56 Å². The first-order chi connectivity index (χ1) is 9.54. The summed E-state index contributed by atoms with van der Waals surface area (Å²) in [7, 11) is 0. The van der Waals surface area contributed by atoms with E-state index in [1.54, 1.807) is 0 Å². The van der Waals surface area contributed by atoms with E-state index >= 15 is 0 Å². The fourth-order valence-electron chi connectivity index (χ4n) is 1.79. The normalized spacial score (nSPS) is 12.4. The minimum Gasteiger partial charge on any atom is -0.492 e. The molecule has 1 atom stereocenters. The molecular weight excluding hydrogens is 252 g/mol. The third kappa shape index (κ3) is 4.10. The summed E-state index contributed by atoms with van der Waals surface area (Å²) < 4.78 is 11.3. The van der Waals surface area contributed by atoms with Gasteiger partial charge >= 0.3 is 0 Å². The highest BCUT2D eigenvalue weighted by Crippen LogP contribution is 2.12. The van der Waals surface area contributed by atoms with Gasteiger partial charge in [-0.1, -0.05) is 17.7 Å².